The third-order valence-electron chi connectivity index (χ3n) is 5.67. The lowest BCUT2D eigenvalue weighted by Crippen LogP contribution is -2.40. The van der Waals surface area contributed by atoms with Crippen LogP contribution in [-0.4, -0.2) is 40.0 Å². The van der Waals surface area contributed by atoms with Crippen molar-refractivity contribution < 1.29 is 19.1 Å². The average molecular weight is 330 g/mol. The van der Waals surface area contributed by atoms with E-state index in [9.17, 15) is 14.0 Å². The number of nitrogens with zero attached hydrogens (tertiary/aromatic N) is 1. The number of likely N-dealkylation sites (tertiary alicyclic amines) is 1. The van der Waals surface area contributed by atoms with Gasteiger partial charge in [-0.15, -0.1) is 0 Å². The molecule has 5 nitrogen and oxygen atoms in total. The summed E-state index contributed by atoms with van der Waals surface area (Å²) in [6.07, 6.45) is 4.33. The minimum atomic E-state index is -0.708. The molecule has 1 saturated heterocycles. The van der Waals surface area contributed by atoms with Crippen LogP contribution in [0.1, 0.15) is 24.8 Å². The molecule has 0 radical (unpaired) electrons. The number of hydrogen-bond acceptors (Lipinski definition) is 2. The van der Waals surface area contributed by atoms with E-state index in [-0.39, 0.29) is 29.5 Å². The number of hydrogen-bond donors (Lipinski definition) is 2. The zero-order chi connectivity index (χ0) is 16.9. The Bertz CT molecular complexity index is 821. The van der Waals surface area contributed by atoms with Crippen LogP contribution in [0.2, 0.25) is 0 Å². The normalized spacial score (nSPS) is 22.0. The van der Waals surface area contributed by atoms with Crippen molar-refractivity contribution in [1.82, 2.24) is 9.88 Å². The van der Waals surface area contributed by atoms with Crippen LogP contribution in [0.15, 0.2) is 24.4 Å². The number of aliphatic carboxylic acids is 1. The van der Waals surface area contributed by atoms with Gasteiger partial charge in [-0.1, -0.05) is 0 Å². The Labute approximate surface area is 138 Å². The van der Waals surface area contributed by atoms with Crippen molar-refractivity contribution in [3.05, 3.63) is 35.8 Å². The summed E-state index contributed by atoms with van der Waals surface area (Å²) < 4.78 is 13.2. The number of carboxylic acids is 1. The highest BCUT2D eigenvalue weighted by Crippen LogP contribution is 2.59. The summed E-state index contributed by atoms with van der Waals surface area (Å²) in [7, 11) is 0. The Hall–Kier alpha value is -2.37. The first-order valence-corrected chi connectivity index (χ1v) is 8.25. The number of rotatable bonds is 3. The third-order valence-corrected chi connectivity index (χ3v) is 5.67. The molecule has 24 heavy (non-hydrogen) atoms. The van der Waals surface area contributed by atoms with Crippen molar-refractivity contribution in [1.29, 1.82) is 0 Å². The van der Waals surface area contributed by atoms with E-state index in [0.29, 0.717) is 18.6 Å². The van der Waals surface area contributed by atoms with Crippen molar-refractivity contribution in [2.24, 2.45) is 11.3 Å². The first-order chi connectivity index (χ1) is 11.5. The van der Waals surface area contributed by atoms with Crippen LogP contribution in [0.25, 0.3) is 10.9 Å². The van der Waals surface area contributed by atoms with Gasteiger partial charge in [-0.05, 0) is 48.4 Å². The number of carbonyl (C=O) groups excluding carboxylic acids is 1. The zero-order valence-electron chi connectivity index (χ0n) is 13.2. The molecule has 1 atom stereocenters. The van der Waals surface area contributed by atoms with E-state index in [1.54, 1.807) is 12.3 Å². The summed E-state index contributed by atoms with van der Waals surface area (Å²) in [5.74, 6) is -1.19. The Morgan fingerprint density at radius 1 is 1.33 bits per heavy atom. The van der Waals surface area contributed by atoms with Crippen LogP contribution in [0.3, 0.4) is 0 Å². The second-order valence-corrected chi connectivity index (χ2v) is 7.02. The van der Waals surface area contributed by atoms with Crippen molar-refractivity contribution in [2.45, 2.75) is 25.7 Å². The van der Waals surface area contributed by atoms with Gasteiger partial charge in [0.15, 0.2) is 0 Å². The smallest absolute Gasteiger partial charge is 0.307 e. The molecule has 1 amide bonds. The van der Waals surface area contributed by atoms with Crippen LogP contribution in [0.4, 0.5) is 4.39 Å². The predicted molar refractivity (Wildman–Crippen MR) is 86.0 cm³/mol. The number of amides is 1. The summed E-state index contributed by atoms with van der Waals surface area (Å²) in [4.78, 5) is 28.5. The topological polar surface area (TPSA) is 73.4 Å². The highest BCUT2D eigenvalue weighted by atomic mass is 19.1. The standard InChI is InChI=1S/C18H19FN2O3/c19-12-1-2-13-11(10-20-15(13)8-12)7-16(22)21-5-3-18(4-6-21)9-14(18)17(23)24/h1-2,8,10,14,20H,3-7,9H2,(H,23,24). The van der Waals surface area contributed by atoms with Gasteiger partial charge in [0.05, 0.1) is 12.3 Å². The molecule has 4 rings (SSSR count). The molecule has 1 aliphatic heterocycles. The first-order valence-electron chi connectivity index (χ1n) is 8.25. The fourth-order valence-corrected chi connectivity index (χ4v) is 4.03. The van der Waals surface area contributed by atoms with Crippen LogP contribution in [-0.2, 0) is 16.0 Å². The Kier molecular flexibility index (Phi) is 3.37. The molecular weight excluding hydrogens is 311 g/mol. The van der Waals surface area contributed by atoms with E-state index in [1.165, 1.54) is 12.1 Å². The molecule has 6 heteroatoms. The van der Waals surface area contributed by atoms with Crippen LogP contribution in [0.5, 0.6) is 0 Å². The van der Waals surface area contributed by atoms with E-state index in [2.05, 4.69) is 4.98 Å². The number of nitrogens with one attached hydrogen (secondary N) is 1. The molecule has 1 aromatic heterocycles. The summed E-state index contributed by atoms with van der Waals surface area (Å²) >= 11 is 0. The quantitative estimate of drug-likeness (QED) is 0.908. The predicted octanol–water partition coefficient (Wildman–Crippen LogP) is 2.56. The van der Waals surface area contributed by atoms with E-state index >= 15 is 0 Å². The van der Waals surface area contributed by atoms with Gasteiger partial charge in [0, 0.05) is 30.2 Å². The van der Waals surface area contributed by atoms with Gasteiger partial charge in [0.2, 0.25) is 5.91 Å². The second kappa shape index (κ2) is 5.33. The van der Waals surface area contributed by atoms with Crippen molar-refractivity contribution >= 4 is 22.8 Å². The molecule has 1 saturated carbocycles. The summed E-state index contributed by atoms with van der Waals surface area (Å²) in [6.45, 7) is 1.25. The molecule has 126 valence electrons. The lowest BCUT2D eigenvalue weighted by molar-refractivity contribution is -0.139. The molecule has 2 aromatic rings. The number of H-pyrrole nitrogens is 1. The Morgan fingerprint density at radius 3 is 2.75 bits per heavy atom. The maximum atomic E-state index is 13.2. The fraction of sp³-hybridized carbons (Fsp3) is 0.444. The minimum Gasteiger partial charge on any atom is -0.481 e. The van der Waals surface area contributed by atoms with E-state index in [4.69, 9.17) is 5.11 Å². The van der Waals surface area contributed by atoms with Gasteiger partial charge in [-0.2, -0.15) is 0 Å². The molecule has 1 aliphatic carbocycles. The largest absolute Gasteiger partial charge is 0.481 e. The monoisotopic (exact) mass is 330 g/mol. The maximum Gasteiger partial charge on any atom is 0.307 e. The molecule has 2 aliphatic rings. The summed E-state index contributed by atoms with van der Waals surface area (Å²) in [6, 6.07) is 4.51. The molecular formula is C18H19FN2O3. The van der Waals surface area contributed by atoms with E-state index < -0.39 is 5.97 Å². The van der Waals surface area contributed by atoms with E-state index in [1.807, 2.05) is 4.90 Å². The van der Waals surface area contributed by atoms with E-state index in [0.717, 1.165) is 30.2 Å². The number of fused-ring (bicyclic) bond motifs is 1. The minimum absolute atomic E-state index is 0.0441. The van der Waals surface area contributed by atoms with Crippen molar-refractivity contribution in [3.63, 3.8) is 0 Å². The van der Waals surface area contributed by atoms with Gasteiger partial charge in [0.25, 0.3) is 0 Å². The number of halogens is 1. The van der Waals surface area contributed by atoms with Gasteiger partial charge in [-0.3, -0.25) is 9.59 Å². The van der Waals surface area contributed by atoms with Crippen LogP contribution in [0, 0.1) is 17.2 Å². The maximum absolute atomic E-state index is 13.2. The fourth-order valence-electron chi connectivity index (χ4n) is 4.03. The molecule has 1 aromatic carbocycles. The lowest BCUT2D eigenvalue weighted by atomic mass is 9.90. The van der Waals surface area contributed by atoms with Crippen LogP contribution >= 0.6 is 0 Å². The number of piperidine rings is 1. The second-order valence-electron chi connectivity index (χ2n) is 7.02. The van der Waals surface area contributed by atoms with Crippen molar-refractivity contribution in [2.75, 3.05) is 13.1 Å². The molecule has 0 bridgehead atoms. The lowest BCUT2D eigenvalue weighted by Gasteiger charge is -2.32. The summed E-state index contributed by atoms with van der Waals surface area (Å²) in [5.41, 5.74) is 1.49. The molecule has 2 N–H and O–H groups in total. The highest BCUT2D eigenvalue weighted by molar-refractivity contribution is 5.89. The SMILES string of the molecule is O=C(O)C1CC12CCN(C(=O)Cc1c[nH]c3cc(F)ccc13)CC2. The number of carbonyl (C=O) groups is 2. The Balaban J connectivity index is 1.41. The Morgan fingerprint density at radius 2 is 2.08 bits per heavy atom. The molecule has 1 unspecified atom stereocenters. The third kappa shape index (κ3) is 2.46. The molecule has 1 spiro atoms. The van der Waals surface area contributed by atoms with Gasteiger partial charge >= 0.3 is 5.97 Å². The van der Waals surface area contributed by atoms with Crippen molar-refractivity contribution in [3.8, 4) is 0 Å². The number of benzene rings is 1. The molecule has 2 fully saturated rings. The number of carboxylic acid groups (broad SMARTS) is 1. The highest BCUT2D eigenvalue weighted by Gasteiger charge is 2.59. The average Bonchev–Trinajstić information content (AvgIpc) is 3.12. The van der Waals surface area contributed by atoms with Crippen LogP contribution < -0.4 is 0 Å². The first kappa shape index (κ1) is 15.2. The summed E-state index contributed by atoms with van der Waals surface area (Å²) in [5, 5.41) is 9.99. The number of aromatic amines is 1. The molecule has 2 heterocycles. The van der Waals surface area contributed by atoms with Gasteiger partial charge < -0.3 is 15.0 Å². The van der Waals surface area contributed by atoms with Gasteiger partial charge in [0.1, 0.15) is 5.82 Å². The van der Waals surface area contributed by atoms with Gasteiger partial charge in [-0.25, -0.2) is 4.39 Å². The zero-order valence-corrected chi connectivity index (χ0v) is 13.2. The number of aromatic nitrogens is 1.